The highest BCUT2D eigenvalue weighted by molar-refractivity contribution is 9.10. The highest BCUT2D eigenvalue weighted by Gasteiger charge is 2.10. The van der Waals surface area contributed by atoms with E-state index in [4.69, 9.17) is 11.6 Å². The smallest absolute Gasteiger partial charge is 0.252 e. The van der Waals surface area contributed by atoms with Crippen LogP contribution in [0, 0.1) is 6.92 Å². The van der Waals surface area contributed by atoms with Gasteiger partial charge < -0.3 is 5.32 Å². The van der Waals surface area contributed by atoms with Crippen LogP contribution in [-0.2, 0) is 5.75 Å². The number of carbonyl (C=O) groups excluding carboxylic acids is 1. The summed E-state index contributed by atoms with van der Waals surface area (Å²) < 4.78 is 0.843. The number of amides is 1. The van der Waals surface area contributed by atoms with E-state index in [1.807, 2.05) is 6.07 Å². The zero-order chi connectivity index (χ0) is 15.9. The van der Waals surface area contributed by atoms with Gasteiger partial charge in [0.15, 0.2) is 0 Å². The first kappa shape index (κ1) is 17.4. The second-order valence-electron chi connectivity index (χ2n) is 4.92. The van der Waals surface area contributed by atoms with Crippen LogP contribution in [-0.4, -0.2) is 18.2 Å². The fourth-order valence-corrected chi connectivity index (χ4v) is 3.26. The molecule has 0 atom stereocenters. The van der Waals surface area contributed by atoms with Crippen molar-refractivity contribution in [2.24, 2.45) is 0 Å². The summed E-state index contributed by atoms with van der Waals surface area (Å²) in [5.74, 6) is 1.68. The van der Waals surface area contributed by atoms with E-state index in [1.165, 1.54) is 11.1 Å². The lowest BCUT2D eigenvalue weighted by Crippen LogP contribution is -2.26. The SMILES string of the molecule is Cc1ccc(CSCCNC(=O)c2cc(Br)ccc2Cl)cc1. The zero-order valence-corrected chi connectivity index (χ0v) is 15.4. The van der Waals surface area contributed by atoms with E-state index < -0.39 is 0 Å². The minimum atomic E-state index is -0.137. The summed E-state index contributed by atoms with van der Waals surface area (Å²) in [4.78, 5) is 12.1. The van der Waals surface area contributed by atoms with Gasteiger partial charge in [-0.2, -0.15) is 11.8 Å². The van der Waals surface area contributed by atoms with Crippen LogP contribution in [0.1, 0.15) is 21.5 Å². The number of benzene rings is 2. The second kappa shape index (κ2) is 8.61. The molecule has 0 aromatic heterocycles. The van der Waals surface area contributed by atoms with Gasteiger partial charge in [-0.15, -0.1) is 0 Å². The molecule has 2 nitrogen and oxygen atoms in total. The van der Waals surface area contributed by atoms with E-state index >= 15 is 0 Å². The van der Waals surface area contributed by atoms with Crippen molar-refractivity contribution in [2.45, 2.75) is 12.7 Å². The van der Waals surface area contributed by atoms with Crippen LogP contribution in [0.15, 0.2) is 46.9 Å². The maximum atomic E-state index is 12.1. The number of rotatable bonds is 6. The minimum absolute atomic E-state index is 0.137. The molecule has 0 bridgehead atoms. The number of hydrogen-bond acceptors (Lipinski definition) is 2. The molecule has 0 spiro atoms. The fourth-order valence-electron chi connectivity index (χ4n) is 1.88. The van der Waals surface area contributed by atoms with Gasteiger partial charge >= 0.3 is 0 Å². The van der Waals surface area contributed by atoms with Gasteiger partial charge in [0.25, 0.3) is 5.91 Å². The summed E-state index contributed by atoms with van der Waals surface area (Å²) in [6, 6.07) is 13.8. The standard InChI is InChI=1S/C17H17BrClNOS/c1-12-2-4-13(5-3-12)11-22-9-8-20-17(21)15-10-14(18)6-7-16(15)19/h2-7,10H,8-9,11H2,1H3,(H,20,21). The average molecular weight is 399 g/mol. The molecule has 116 valence electrons. The first-order valence-electron chi connectivity index (χ1n) is 6.93. The first-order valence-corrected chi connectivity index (χ1v) is 9.25. The number of aryl methyl sites for hydroxylation is 1. The summed E-state index contributed by atoms with van der Waals surface area (Å²) in [6.45, 7) is 2.71. The van der Waals surface area contributed by atoms with Crippen LogP contribution in [0.2, 0.25) is 5.02 Å². The van der Waals surface area contributed by atoms with Gasteiger partial charge in [0.05, 0.1) is 10.6 Å². The van der Waals surface area contributed by atoms with Crippen LogP contribution >= 0.6 is 39.3 Å². The highest BCUT2D eigenvalue weighted by atomic mass is 79.9. The molecule has 1 amide bonds. The predicted octanol–water partition coefficient (Wildman–Crippen LogP) is 5.07. The Balaban J connectivity index is 1.73. The third-order valence-corrected chi connectivity index (χ3v) is 4.95. The van der Waals surface area contributed by atoms with E-state index in [0.717, 1.165) is 16.0 Å². The summed E-state index contributed by atoms with van der Waals surface area (Å²) in [5.41, 5.74) is 3.07. The number of carbonyl (C=O) groups is 1. The van der Waals surface area contributed by atoms with Crippen LogP contribution in [0.5, 0.6) is 0 Å². The largest absolute Gasteiger partial charge is 0.351 e. The van der Waals surface area contributed by atoms with Crippen molar-refractivity contribution in [1.82, 2.24) is 5.32 Å². The van der Waals surface area contributed by atoms with Crippen molar-refractivity contribution in [2.75, 3.05) is 12.3 Å². The topological polar surface area (TPSA) is 29.1 Å². The number of halogens is 2. The van der Waals surface area contributed by atoms with Crippen LogP contribution < -0.4 is 5.32 Å². The van der Waals surface area contributed by atoms with Gasteiger partial charge in [0.1, 0.15) is 0 Å². The third-order valence-electron chi connectivity index (χ3n) is 3.09. The van der Waals surface area contributed by atoms with E-state index in [0.29, 0.717) is 17.1 Å². The molecule has 22 heavy (non-hydrogen) atoms. The molecule has 0 fully saturated rings. The minimum Gasteiger partial charge on any atom is -0.351 e. The van der Waals surface area contributed by atoms with E-state index in [2.05, 4.69) is 52.4 Å². The van der Waals surface area contributed by atoms with Gasteiger partial charge in [0.2, 0.25) is 0 Å². The van der Waals surface area contributed by atoms with Gasteiger partial charge in [-0.25, -0.2) is 0 Å². The molecule has 0 heterocycles. The van der Waals surface area contributed by atoms with Crippen LogP contribution in [0.25, 0.3) is 0 Å². The Morgan fingerprint density at radius 3 is 2.68 bits per heavy atom. The van der Waals surface area contributed by atoms with Gasteiger partial charge in [0, 0.05) is 22.5 Å². The molecule has 2 aromatic carbocycles. The van der Waals surface area contributed by atoms with E-state index in [9.17, 15) is 4.79 Å². The molecule has 0 unspecified atom stereocenters. The van der Waals surface area contributed by atoms with Crippen LogP contribution in [0.4, 0.5) is 0 Å². The average Bonchev–Trinajstić information content (AvgIpc) is 2.51. The van der Waals surface area contributed by atoms with Crippen molar-refractivity contribution >= 4 is 45.2 Å². The molecule has 0 radical (unpaired) electrons. The molecule has 5 heteroatoms. The summed E-state index contributed by atoms with van der Waals surface area (Å²) in [6.07, 6.45) is 0. The number of hydrogen-bond donors (Lipinski definition) is 1. The van der Waals surface area contributed by atoms with E-state index in [1.54, 1.807) is 23.9 Å². The van der Waals surface area contributed by atoms with Crippen LogP contribution in [0.3, 0.4) is 0 Å². The zero-order valence-electron chi connectivity index (χ0n) is 12.2. The van der Waals surface area contributed by atoms with Gasteiger partial charge in [-0.3, -0.25) is 4.79 Å². The molecule has 2 aromatic rings. The van der Waals surface area contributed by atoms with Crippen molar-refractivity contribution in [3.05, 3.63) is 68.7 Å². The first-order chi connectivity index (χ1) is 10.6. The fraction of sp³-hybridized carbons (Fsp3) is 0.235. The Kier molecular flexibility index (Phi) is 6.80. The Hall–Kier alpha value is -0.970. The quantitative estimate of drug-likeness (QED) is 0.688. The van der Waals surface area contributed by atoms with Crippen molar-refractivity contribution in [3.63, 3.8) is 0 Å². The molecule has 2 rings (SSSR count). The van der Waals surface area contributed by atoms with Crippen molar-refractivity contribution < 1.29 is 4.79 Å². The molecule has 0 saturated carbocycles. The Morgan fingerprint density at radius 1 is 1.23 bits per heavy atom. The lowest BCUT2D eigenvalue weighted by Gasteiger charge is -2.07. The lowest BCUT2D eigenvalue weighted by atomic mass is 10.2. The Morgan fingerprint density at radius 2 is 1.95 bits per heavy atom. The monoisotopic (exact) mass is 397 g/mol. The maximum absolute atomic E-state index is 12.1. The third kappa shape index (κ3) is 5.34. The van der Waals surface area contributed by atoms with Gasteiger partial charge in [-0.1, -0.05) is 57.4 Å². The number of nitrogens with one attached hydrogen (secondary N) is 1. The Labute approximate surface area is 148 Å². The molecule has 0 aliphatic rings. The molecule has 0 aliphatic heterocycles. The molecular formula is C17H17BrClNOS. The lowest BCUT2D eigenvalue weighted by molar-refractivity contribution is 0.0956. The molecular weight excluding hydrogens is 382 g/mol. The second-order valence-corrected chi connectivity index (χ2v) is 7.35. The summed E-state index contributed by atoms with van der Waals surface area (Å²) in [5, 5.41) is 3.36. The van der Waals surface area contributed by atoms with Crippen molar-refractivity contribution in [1.29, 1.82) is 0 Å². The maximum Gasteiger partial charge on any atom is 0.252 e. The van der Waals surface area contributed by atoms with Crippen molar-refractivity contribution in [3.8, 4) is 0 Å². The van der Waals surface area contributed by atoms with Gasteiger partial charge in [-0.05, 0) is 30.7 Å². The number of thioether (sulfide) groups is 1. The summed E-state index contributed by atoms with van der Waals surface area (Å²) in [7, 11) is 0. The molecule has 0 aliphatic carbocycles. The highest BCUT2D eigenvalue weighted by Crippen LogP contribution is 2.21. The molecule has 1 N–H and O–H groups in total. The summed E-state index contributed by atoms with van der Waals surface area (Å²) >= 11 is 11.2. The molecule has 0 saturated heterocycles. The predicted molar refractivity (Wildman–Crippen MR) is 98.8 cm³/mol. The normalized spacial score (nSPS) is 10.5. The van der Waals surface area contributed by atoms with E-state index in [-0.39, 0.29) is 5.91 Å². The Bertz CT molecular complexity index is 646.